The van der Waals surface area contributed by atoms with Crippen molar-refractivity contribution in [2.45, 2.75) is 13.8 Å². The van der Waals surface area contributed by atoms with Crippen LogP contribution in [0.4, 0.5) is 0 Å². The third-order valence-electron chi connectivity index (χ3n) is 1.91. The Bertz CT molecular complexity index is 349. The lowest BCUT2D eigenvalue weighted by Gasteiger charge is -2.21. The Hall–Kier alpha value is -0.250. The number of amides is 1. The van der Waals surface area contributed by atoms with Crippen molar-refractivity contribution in [3.05, 3.63) is 21.3 Å². The molecular formula is C10H13Cl2NOS. The van der Waals surface area contributed by atoms with Gasteiger partial charge in [0.2, 0.25) is 0 Å². The molecular weight excluding hydrogens is 253 g/mol. The first kappa shape index (κ1) is 12.8. The van der Waals surface area contributed by atoms with E-state index < -0.39 is 0 Å². The molecule has 0 fully saturated rings. The van der Waals surface area contributed by atoms with Crippen molar-refractivity contribution in [3.8, 4) is 0 Å². The summed E-state index contributed by atoms with van der Waals surface area (Å²) in [5, 5.41) is 5.12. The summed E-state index contributed by atoms with van der Waals surface area (Å²) >= 11 is 12.9. The molecule has 1 heterocycles. The summed E-state index contributed by atoms with van der Waals surface area (Å²) in [7, 11) is 0. The van der Waals surface area contributed by atoms with E-state index in [1.807, 2.05) is 13.8 Å². The molecule has 0 aromatic carbocycles. The molecule has 0 unspecified atom stereocenters. The van der Waals surface area contributed by atoms with Crippen molar-refractivity contribution in [2.24, 2.45) is 5.41 Å². The van der Waals surface area contributed by atoms with E-state index in [1.54, 1.807) is 11.4 Å². The minimum Gasteiger partial charge on any atom is -0.351 e. The van der Waals surface area contributed by atoms with Gasteiger partial charge in [0.25, 0.3) is 5.91 Å². The Balaban J connectivity index is 2.55. The van der Waals surface area contributed by atoms with Gasteiger partial charge in [-0.05, 0) is 16.9 Å². The van der Waals surface area contributed by atoms with Gasteiger partial charge < -0.3 is 5.32 Å². The molecule has 2 nitrogen and oxygen atoms in total. The van der Waals surface area contributed by atoms with Gasteiger partial charge in [-0.1, -0.05) is 25.4 Å². The molecule has 0 bridgehead atoms. The van der Waals surface area contributed by atoms with E-state index in [9.17, 15) is 4.79 Å². The zero-order chi connectivity index (χ0) is 11.5. The van der Waals surface area contributed by atoms with Crippen LogP contribution < -0.4 is 5.32 Å². The molecule has 0 radical (unpaired) electrons. The van der Waals surface area contributed by atoms with Gasteiger partial charge in [0.05, 0.1) is 5.02 Å². The zero-order valence-electron chi connectivity index (χ0n) is 8.64. The zero-order valence-corrected chi connectivity index (χ0v) is 11.0. The fourth-order valence-corrected chi connectivity index (χ4v) is 2.05. The molecule has 1 amide bonds. The highest BCUT2D eigenvalue weighted by Gasteiger charge is 2.19. The van der Waals surface area contributed by atoms with E-state index in [1.165, 1.54) is 11.3 Å². The molecule has 0 aliphatic carbocycles. The first-order chi connectivity index (χ1) is 6.96. The molecule has 0 atom stereocenters. The molecule has 0 spiro atoms. The van der Waals surface area contributed by atoms with E-state index in [0.29, 0.717) is 22.3 Å². The smallest absolute Gasteiger partial charge is 0.262 e. The van der Waals surface area contributed by atoms with Crippen LogP contribution in [0.25, 0.3) is 0 Å². The fraction of sp³-hybridized carbons (Fsp3) is 0.500. The Kier molecular flexibility index (Phi) is 4.44. The number of alkyl halides is 1. The van der Waals surface area contributed by atoms with Crippen molar-refractivity contribution in [1.82, 2.24) is 5.32 Å². The van der Waals surface area contributed by atoms with E-state index in [-0.39, 0.29) is 11.3 Å². The van der Waals surface area contributed by atoms with Gasteiger partial charge in [-0.3, -0.25) is 4.79 Å². The molecule has 1 N–H and O–H groups in total. The molecule has 1 aromatic heterocycles. The van der Waals surface area contributed by atoms with E-state index in [2.05, 4.69) is 5.32 Å². The van der Waals surface area contributed by atoms with Crippen molar-refractivity contribution < 1.29 is 4.79 Å². The van der Waals surface area contributed by atoms with Gasteiger partial charge in [-0.15, -0.1) is 22.9 Å². The third-order valence-corrected chi connectivity index (χ3v) is 3.98. The summed E-state index contributed by atoms with van der Waals surface area (Å²) in [6.45, 7) is 4.54. The molecule has 15 heavy (non-hydrogen) atoms. The highest BCUT2D eigenvalue weighted by atomic mass is 35.5. The van der Waals surface area contributed by atoms with Crippen molar-refractivity contribution in [3.63, 3.8) is 0 Å². The Labute approximate surface area is 104 Å². The summed E-state index contributed by atoms with van der Waals surface area (Å²) in [5.74, 6) is 0.374. The van der Waals surface area contributed by atoms with Crippen LogP contribution in [0.2, 0.25) is 5.02 Å². The van der Waals surface area contributed by atoms with Crippen LogP contribution in [0.15, 0.2) is 11.4 Å². The van der Waals surface area contributed by atoms with Crippen LogP contribution in [0, 0.1) is 5.41 Å². The largest absolute Gasteiger partial charge is 0.351 e. The predicted octanol–water partition coefficient (Wildman–Crippen LogP) is 3.40. The number of hydrogen-bond donors (Lipinski definition) is 1. The molecule has 0 saturated carbocycles. The molecule has 5 heteroatoms. The first-order valence-corrected chi connectivity index (χ1v) is 6.33. The Morgan fingerprint density at radius 2 is 2.27 bits per heavy atom. The van der Waals surface area contributed by atoms with Crippen LogP contribution in [0.1, 0.15) is 23.5 Å². The number of hydrogen-bond acceptors (Lipinski definition) is 2. The summed E-state index contributed by atoms with van der Waals surface area (Å²) in [6, 6.07) is 1.72. The van der Waals surface area contributed by atoms with Crippen LogP contribution >= 0.6 is 34.5 Å². The standard InChI is InChI=1S/C10H13Cl2NOS/c1-10(2,5-11)6-13-9(14)8-7(12)3-4-15-8/h3-4H,5-6H2,1-2H3,(H,13,14). The monoisotopic (exact) mass is 265 g/mol. The van der Waals surface area contributed by atoms with E-state index >= 15 is 0 Å². The summed E-state index contributed by atoms with van der Waals surface area (Å²) < 4.78 is 0. The number of nitrogens with one attached hydrogen (secondary N) is 1. The molecule has 0 saturated heterocycles. The predicted molar refractivity (Wildman–Crippen MR) is 66.2 cm³/mol. The normalized spacial score (nSPS) is 11.5. The second-order valence-corrected chi connectivity index (χ2v) is 5.67. The lowest BCUT2D eigenvalue weighted by atomic mass is 9.96. The number of carbonyl (C=O) groups is 1. The van der Waals surface area contributed by atoms with Crippen molar-refractivity contribution in [2.75, 3.05) is 12.4 Å². The molecule has 0 aliphatic rings. The van der Waals surface area contributed by atoms with Crippen LogP contribution in [-0.4, -0.2) is 18.3 Å². The number of thiophene rings is 1. The summed E-state index contributed by atoms with van der Waals surface area (Å²) in [6.07, 6.45) is 0. The number of halogens is 2. The van der Waals surface area contributed by atoms with Crippen LogP contribution in [-0.2, 0) is 0 Å². The highest BCUT2D eigenvalue weighted by Crippen LogP contribution is 2.22. The first-order valence-electron chi connectivity index (χ1n) is 4.53. The molecule has 0 aliphatic heterocycles. The Morgan fingerprint density at radius 3 is 2.73 bits per heavy atom. The second-order valence-electron chi connectivity index (χ2n) is 4.08. The second kappa shape index (κ2) is 5.19. The van der Waals surface area contributed by atoms with Crippen molar-refractivity contribution in [1.29, 1.82) is 0 Å². The molecule has 1 rings (SSSR count). The average Bonchev–Trinajstić information content (AvgIpc) is 2.61. The minimum absolute atomic E-state index is 0.0963. The maximum Gasteiger partial charge on any atom is 0.262 e. The van der Waals surface area contributed by atoms with Gasteiger partial charge in [0.15, 0.2) is 0 Å². The lowest BCUT2D eigenvalue weighted by molar-refractivity contribution is 0.0944. The lowest BCUT2D eigenvalue weighted by Crippen LogP contribution is -2.34. The minimum atomic E-state index is -0.131. The van der Waals surface area contributed by atoms with Gasteiger partial charge in [-0.25, -0.2) is 0 Å². The SMILES string of the molecule is CC(C)(CCl)CNC(=O)c1sccc1Cl. The highest BCUT2D eigenvalue weighted by molar-refractivity contribution is 7.12. The molecule has 84 valence electrons. The summed E-state index contributed by atoms with van der Waals surface area (Å²) in [5.41, 5.74) is -0.0963. The summed E-state index contributed by atoms with van der Waals surface area (Å²) in [4.78, 5) is 12.2. The van der Waals surface area contributed by atoms with Gasteiger partial charge in [-0.2, -0.15) is 0 Å². The van der Waals surface area contributed by atoms with Crippen LogP contribution in [0.3, 0.4) is 0 Å². The topological polar surface area (TPSA) is 29.1 Å². The van der Waals surface area contributed by atoms with E-state index in [0.717, 1.165) is 0 Å². The van der Waals surface area contributed by atoms with Gasteiger partial charge in [0, 0.05) is 12.4 Å². The maximum absolute atomic E-state index is 11.7. The molecule has 1 aromatic rings. The number of rotatable bonds is 4. The fourth-order valence-electron chi connectivity index (χ4n) is 0.903. The van der Waals surface area contributed by atoms with E-state index in [4.69, 9.17) is 23.2 Å². The third kappa shape index (κ3) is 3.67. The quantitative estimate of drug-likeness (QED) is 0.831. The van der Waals surface area contributed by atoms with Crippen LogP contribution in [0.5, 0.6) is 0 Å². The maximum atomic E-state index is 11.7. The van der Waals surface area contributed by atoms with Gasteiger partial charge >= 0.3 is 0 Å². The number of carbonyl (C=O) groups excluding carboxylic acids is 1. The van der Waals surface area contributed by atoms with Crippen molar-refractivity contribution >= 4 is 40.4 Å². The average molecular weight is 266 g/mol. The van der Waals surface area contributed by atoms with Gasteiger partial charge in [0.1, 0.15) is 4.88 Å². The Morgan fingerprint density at radius 1 is 1.60 bits per heavy atom.